The SMILES string of the molecule is Oc1ccc(Oc2cccc(O)c2Oc2ccc(O)cc2)cc1. The van der Waals surface area contributed by atoms with Crippen molar-refractivity contribution in [3.05, 3.63) is 66.7 Å². The van der Waals surface area contributed by atoms with Gasteiger partial charge in [0.2, 0.25) is 5.75 Å². The van der Waals surface area contributed by atoms with Crippen molar-refractivity contribution in [1.29, 1.82) is 0 Å². The minimum Gasteiger partial charge on any atom is -0.508 e. The Morgan fingerprint density at radius 3 is 1.65 bits per heavy atom. The van der Waals surface area contributed by atoms with Crippen molar-refractivity contribution < 1.29 is 24.8 Å². The normalized spacial score (nSPS) is 10.3. The standard InChI is InChI=1S/C18H14O5/c19-12-4-8-14(9-5-12)22-17-3-1-2-16(21)18(17)23-15-10-6-13(20)7-11-15/h1-11,19-21H. The first-order chi connectivity index (χ1) is 11.1. The lowest BCUT2D eigenvalue weighted by Crippen LogP contribution is -1.91. The van der Waals surface area contributed by atoms with Gasteiger partial charge in [-0.05, 0) is 60.7 Å². The number of aromatic hydroxyl groups is 3. The van der Waals surface area contributed by atoms with E-state index in [2.05, 4.69) is 0 Å². The molecule has 3 aromatic carbocycles. The number of benzene rings is 3. The molecule has 116 valence electrons. The molecular weight excluding hydrogens is 296 g/mol. The van der Waals surface area contributed by atoms with Crippen molar-refractivity contribution in [2.45, 2.75) is 0 Å². The van der Waals surface area contributed by atoms with Gasteiger partial charge in [-0.25, -0.2) is 0 Å². The van der Waals surface area contributed by atoms with Gasteiger partial charge in [-0.2, -0.15) is 0 Å². The first-order valence-electron chi connectivity index (χ1n) is 6.87. The van der Waals surface area contributed by atoms with Crippen LogP contribution in [0.25, 0.3) is 0 Å². The zero-order chi connectivity index (χ0) is 16.2. The van der Waals surface area contributed by atoms with Gasteiger partial charge in [-0.1, -0.05) is 6.07 Å². The largest absolute Gasteiger partial charge is 0.508 e. The zero-order valence-corrected chi connectivity index (χ0v) is 12.0. The molecule has 0 saturated heterocycles. The van der Waals surface area contributed by atoms with E-state index in [1.54, 1.807) is 36.4 Å². The molecule has 0 bridgehead atoms. The third-order valence-electron chi connectivity index (χ3n) is 3.08. The fourth-order valence-corrected chi connectivity index (χ4v) is 1.96. The van der Waals surface area contributed by atoms with Crippen molar-refractivity contribution in [2.75, 3.05) is 0 Å². The van der Waals surface area contributed by atoms with Crippen LogP contribution in [-0.2, 0) is 0 Å². The minimum absolute atomic E-state index is 0.0747. The first-order valence-corrected chi connectivity index (χ1v) is 6.87. The van der Waals surface area contributed by atoms with Crippen LogP contribution in [0.2, 0.25) is 0 Å². The highest BCUT2D eigenvalue weighted by molar-refractivity contribution is 5.54. The predicted molar refractivity (Wildman–Crippen MR) is 84.5 cm³/mol. The molecule has 3 N–H and O–H groups in total. The molecule has 0 spiro atoms. The fraction of sp³-hybridized carbons (Fsp3) is 0. The monoisotopic (exact) mass is 310 g/mol. The van der Waals surface area contributed by atoms with Crippen molar-refractivity contribution in [3.63, 3.8) is 0 Å². The first kappa shape index (κ1) is 14.6. The second-order valence-electron chi connectivity index (χ2n) is 4.80. The maximum atomic E-state index is 10.0. The molecule has 0 radical (unpaired) electrons. The second kappa shape index (κ2) is 6.19. The molecule has 0 aliphatic carbocycles. The molecule has 5 heteroatoms. The van der Waals surface area contributed by atoms with Gasteiger partial charge < -0.3 is 24.8 Å². The Bertz CT molecular complexity index is 795. The lowest BCUT2D eigenvalue weighted by atomic mass is 10.2. The van der Waals surface area contributed by atoms with E-state index in [9.17, 15) is 15.3 Å². The topological polar surface area (TPSA) is 79.2 Å². The minimum atomic E-state index is -0.0747. The van der Waals surface area contributed by atoms with Gasteiger partial charge in [-0.15, -0.1) is 0 Å². The molecule has 23 heavy (non-hydrogen) atoms. The Balaban J connectivity index is 1.90. The molecular formula is C18H14O5. The molecule has 0 amide bonds. The van der Waals surface area contributed by atoms with E-state index in [-0.39, 0.29) is 23.0 Å². The van der Waals surface area contributed by atoms with Gasteiger partial charge in [0.1, 0.15) is 23.0 Å². The van der Waals surface area contributed by atoms with E-state index in [0.717, 1.165) is 0 Å². The lowest BCUT2D eigenvalue weighted by molar-refractivity contribution is 0.380. The van der Waals surface area contributed by atoms with Crippen LogP contribution in [0.3, 0.4) is 0 Å². The van der Waals surface area contributed by atoms with Gasteiger partial charge in [-0.3, -0.25) is 0 Å². The molecule has 0 fully saturated rings. The summed E-state index contributed by atoms with van der Waals surface area (Å²) in [7, 11) is 0. The molecule has 0 unspecified atom stereocenters. The number of phenols is 3. The zero-order valence-electron chi connectivity index (χ0n) is 12.0. The Labute approximate surface area is 132 Å². The van der Waals surface area contributed by atoms with Gasteiger partial charge in [0.05, 0.1) is 0 Å². The number of para-hydroxylation sites is 1. The fourth-order valence-electron chi connectivity index (χ4n) is 1.96. The molecule has 0 aliphatic heterocycles. The van der Waals surface area contributed by atoms with Crippen LogP contribution in [0.5, 0.6) is 40.2 Å². The van der Waals surface area contributed by atoms with E-state index < -0.39 is 0 Å². The Hall–Kier alpha value is -3.34. The van der Waals surface area contributed by atoms with Crippen molar-refractivity contribution in [3.8, 4) is 40.2 Å². The quantitative estimate of drug-likeness (QED) is 0.666. The van der Waals surface area contributed by atoms with E-state index >= 15 is 0 Å². The van der Waals surface area contributed by atoms with E-state index in [1.165, 1.54) is 30.3 Å². The number of hydrogen-bond donors (Lipinski definition) is 3. The molecule has 0 atom stereocenters. The van der Waals surface area contributed by atoms with Crippen molar-refractivity contribution >= 4 is 0 Å². The average Bonchev–Trinajstić information content (AvgIpc) is 2.55. The van der Waals surface area contributed by atoms with Crippen LogP contribution >= 0.6 is 0 Å². The van der Waals surface area contributed by atoms with Crippen LogP contribution in [0.15, 0.2) is 66.7 Å². The highest BCUT2D eigenvalue weighted by Gasteiger charge is 2.13. The summed E-state index contributed by atoms with van der Waals surface area (Å²) in [6.07, 6.45) is 0. The molecule has 3 rings (SSSR count). The summed E-state index contributed by atoms with van der Waals surface area (Å²) in [6.45, 7) is 0. The summed E-state index contributed by atoms with van der Waals surface area (Å²) < 4.78 is 11.4. The van der Waals surface area contributed by atoms with Crippen LogP contribution in [0.4, 0.5) is 0 Å². The smallest absolute Gasteiger partial charge is 0.211 e. The molecule has 0 aromatic heterocycles. The average molecular weight is 310 g/mol. The summed E-state index contributed by atoms with van der Waals surface area (Å²) in [5, 5.41) is 28.6. The summed E-state index contributed by atoms with van der Waals surface area (Å²) >= 11 is 0. The van der Waals surface area contributed by atoms with E-state index in [1.807, 2.05) is 0 Å². The van der Waals surface area contributed by atoms with E-state index in [4.69, 9.17) is 9.47 Å². The molecule has 0 saturated carbocycles. The van der Waals surface area contributed by atoms with Crippen LogP contribution in [0.1, 0.15) is 0 Å². The summed E-state index contributed by atoms with van der Waals surface area (Å²) in [6, 6.07) is 17.1. The highest BCUT2D eigenvalue weighted by Crippen LogP contribution is 2.41. The van der Waals surface area contributed by atoms with Gasteiger partial charge in [0.25, 0.3) is 0 Å². The Morgan fingerprint density at radius 2 is 1.09 bits per heavy atom. The third kappa shape index (κ3) is 3.47. The molecule has 5 nitrogen and oxygen atoms in total. The maximum absolute atomic E-state index is 10.0. The van der Waals surface area contributed by atoms with Gasteiger partial charge >= 0.3 is 0 Å². The Kier molecular flexibility index (Phi) is 3.93. The van der Waals surface area contributed by atoms with Gasteiger partial charge in [0, 0.05) is 0 Å². The second-order valence-corrected chi connectivity index (χ2v) is 4.80. The van der Waals surface area contributed by atoms with Crippen LogP contribution in [0, 0.1) is 0 Å². The summed E-state index contributed by atoms with van der Waals surface area (Å²) in [5.74, 6) is 1.59. The van der Waals surface area contributed by atoms with Crippen LogP contribution in [-0.4, -0.2) is 15.3 Å². The van der Waals surface area contributed by atoms with Crippen LogP contribution < -0.4 is 9.47 Å². The number of ether oxygens (including phenoxy) is 2. The Morgan fingerprint density at radius 1 is 0.565 bits per heavy atom. The van der Waals surface area contributed by atoms with Crippen molar-refractivity contribution in [2.24, 2.45) is 0 Å². The molecule has 3 aromatic rings. The summed E-state index contributed by atoms with van der Waals surface area (Å²) in [4.78, 5) is 0. The van der Waals surface area contributed by atoms with E-state index in [0.29, 0.717) is 17.2 Å². The lowest BCUT2D eigenvalue weighted by Gasteiger charge is -2.13. The predicted octanol–water partition coefficient (Wildman–Crippen LogP) is 4.39. The summed E-state index contributed by atoms with van der Waals surface area (Å²) in [5.41, 5.74) is 0. The number of phenolic OH excluding ortho intramolecular Hbond substituents is 3. The number of rotatable bonds is 4. The third-order valence-corrected chi connectivity index (χ3v) is 3.08. The molecule has 0 heterocycles. The maximum Gasteiger partial charge on any atom is 0.211 e. The number of hydrogen-bond acceptors (Lipinski definition) is 5. The van der Waals surface area contributed by atoms with Crippen molar-refractivity contribution in [1.82, 2.24) is 0 Å². The van der Waals surface area contributed by atoms with Gasteiger partial charge in [0.15, 0.2) is 11.5 Å². The highest BCUT2D eigenvalue weighted by atomic mass is 16.5. The molecule has 0 aliphatic rings.